The number of rotatable bonds is 14. The number of amides is 3. The molecule has 452 valence electrons. The molecule has 1 aliphatic carbocycles. The third kappa shape index (κ3) is 14.5. The monoisotopic (exact) mass is 1210 g/mol. The van der Waals surface area contributed by atoms with Crippen LogP contribution in [0.15, 0.2) is 158 Å². The Morgan fingerprint density at radius 1 is 0.575 bits per heavy atom. The minimum atomic E-state index is -0.521. The van der Waals surface area contributed by atoms with Gasteiger partial charge in [0.1, 0.15) is 51.4 Å². The number of aryl methyl sites for hydroxylation is 1. The molecular weight excluding hydrogens is 1140 g/mol. The molecule has 21 heteroatoms. The van der Waals surface area contributed by atoms with E-state index in [4.69, 9.17) is 43.0 Å². The van der Waals surface area contributed by atoms with Crippen molar-refractivity contribution in [2.75, 3.05) is 68.7 Å². The molecule has 9 N–H and O–H groups in total. The molecule has 0 bridgehead atoms. The number of fused-ring (bicyclic) bond motifs is 3. The average Bonchev–Trinajstić information content (AvgIpc) is 1.75. The fourth-order valence-electron chi connectivity index (χ4n) is 11.1. The van der Waals surface area contributed by atoms with E-state index in [1.165, 1.54) is 17.6 Å². The lowest BCUT2D eigenvalue weighted by molar-refractivity contribution is 0.0989. The van der Waals surface area contributed by atoms with Crippen LogP contribution in [0.4, 0.5) is 11.4 Å². The van der Waals surface area contributed by atoms with Crippen molar-refractivity contribution in [3.63, 3.8) is 0 Å². The van der Waals surface area contributed by atoms with E-state index in [1.807, 2.05) is 104 Å². The van der Waals surface area contributed by atoms with Gasteiger partial charge in [-0.05, 0) is 133 Å². The van der Waals surface area contributed by atoms with Crippen LogP contribution in [0, 0.1) is 12.3 Å². The number of halogens is 1. The number of aromatic nitrogens is 6. The number of piperazine rings is 2. The second-order valence-electron chi connectivity index (χ2n) is 22.7. The third-order valence-corrected chi connectivity index (χ3v) is 16.7. The number of nitrogens with zero attached hydrogens (tertiary/aromatic N) is 7. The Balaban J connectivity index is 0.000000184. The van der Waals surface area contributed by atoms with Crippen molar-refractivity contribution in [3.05, 3.63) is 191 Å². The first-order chi connectivity index (χ1) is 42.0. The highest BCUT2D eigenvalue weighted by molar-refractivity contribution is 7.13. The van der Waals surface area contributed by atoms with Crippen LogP contribution in [0.2, 0.25) is 5.02 Å². The van der Waals surface area contributed by atoms with Crippen LogP contribution in [-0.4, -0.2) is 116 Å². The molecule has 2 aliphatic heterocycles. The van der Waals surface area contributed by atoms with Crippen LogP contribution in [0.5, 0.6) is 34.5 Å². The first-order valence-electron chi connectivity index (χ1n) is 28.8. The van der Waals surface area contributed by atoms with Crippen LogP contribution in [-0.2, 0) is 0 Å². The van der Waals surface area contributed by atoms with E-state index >= 15 is 0 Å². The summed E-state index contributed by atoms with van der Waals surface area (Å²) in [4.78, 5) is 64.7. The van der Waals surface area contributed by atoms with E-state index in [0.717, 1.165) is 127 Å². The van der Waals surface area contributed by atoms with Gasteiger partial charge >= 0.3 is 0 Å². The fourth-order valence-corrected chi connectivity index (χ4v) is 11.5. The summed E-state index contributed by atoms with van der Waals surface area (Å²) >= 11 is 6.19. The second kappa shape index (κ2) is 26.2. The molecule has 1 atom stereocenters. The van der Waals surface area contributed by atoms with Gasteiger partial charge in [-0.25, -0.2) is 15.0 Å². The zero-order valence-corrected chi connectivity index (χ0v) is 50.6. The summed E-state index contributed by atoms with van der Waals surface area (Å²) in [6.07, 6.45) is 13.8. The molecule has 0 spiro atoms. The number of aromatic amines is 3. The summed E-state index contributed by atoms with van der Waals surface area (Å²) in [6.45, 7) is 15.1. The lowest BCUT2D eigenvalue weighted by atomic mass is 9.72. The number of benzene rings is 4. The van der Waals surface area contributed by atoms with Gasteiger partial charge in [0.05, 0.1) is 35.3 Å². The summed E-state index contributed by atoms with van der Waals surface area (Å²) in [5, 5.41) is 3.59. The predicted octanol–water partition coefficient (Wildman–Crippen LogP) is 12.8. The Bertz CT molecular complexity index is 4180. The Morgan fingerprint density at radius 2 is 1.00 bits per heavy atom. The fraction of sp³-hybridized carbons (Fsp3) is 0.242. The number of allylic oxidation sites excluding steroid dienone is 1. The maximum absolute atomic E-state index is 12.2. The topological polar surface area (TPSA) is 256 Å². The van der Waals surface area contributed by atoms with Gasteiger partial charge < -0.3 is 56.2 Å². The van der Waals surface area contributed by atoms with Crippen molar-refractivity contribution in [3.8, 4) is 34.5 Å². The molecule has 19 nitrogen and oxygen atoms in total. The van der Waals surface area contributed by atoms with Gasteiger partial charge in [-0.2, -0.15) is 0 Å². The van der Waals surface area contributed by atoms with Crippen LogP contribution in [0.25, 0.3) is 38.7 Å². The number of ether oxygens (including phenoxy) is 3. The Kier molecular flexibility index (Phi) is 17.9. The molecule has 0 saturated carbocycles. The molecule has 2 fully saturated rings. The molecule has 0 radical (unpaired) electrons. The summed E-state index contributed by atoms with van der Waals surface area (Å²) in [6, 6.07) is 36.1. The molecule has 1 unspecified atom stereocenters. The number of pyridine rings is 3. The smallest absolute Gasteiger partial charge is 0.252 e. The lowest BCUT2D eigenvalue weighted by Crippen LogP contribution is -2.47. The van der Waals surface area contributed by atoms with Crippen LogP contribution in [0.1, 0.15) is 79.6 Å². The van der Waals surface area contributed by atoms with Gasteiger partial charge in [0.25, 0.3) is 17.7 Å². The van der Waals surface area contributed by atoms with Gasteiger partial charge in [-0.3, -0.25) is 24.0 Å². The predicted molar refractivity (Wildman–Crippen MR) is 353 cm³/mol. The highest BCUT2D eigenvalue weighted by Gasteiger charge is 2.30. The number of H-pyrrole nitrogens is 3. The van der Waals surface area contributed by atoms with E-state index in [2.05, 4.69) is 84.6 Å². The van der Waals surface area contributed by atoms with Crippen molar-refractivity contribution in [1.82, 2.24) is 39.5 Å². The van der Waals surface area contributed by atoms with Crippen molar-refractivity contribution in [2.45, 2.75) is 40.0 Å². The summed E-state index contributed by atoms with van der Waals surface area (Å²) in [5.74, 6) is 1.45. The van der Waals surface area contributed by atoms with Crippen LogP contribution < -0.4 is 41.2 Å². The maximum atomic E-state index is 12.2. The number of hydrogen-bond donors (Lipinski definition) is 6. The first kappa shape index (κ1) is 59.5. The van der Waals surface area contributed by atoms with Gasteiger partial charge in [0, 0.05) is 126 Å². The zero-order valence-electron chi connectivity index (χ0n) is 48.7. The SMILES string of the molecule is CC1(C)CCC(CN2CCN(c3ccc(C(N)=O)c(Oc4cnc5[nH]ccc5c4)c3)CC2)=C(c2ccc(Cl)cc2)C1.Cc1ccc(C(N)=O)c(Oc2cnc3[nH]ccc3c2)c1.NC(=O)c1ccc(N2CCN(P)CC2)cc1Oc1cnc2[nH]ccc2c1.[HH].[HH].[HH]. The molecule has 4 aromatic carbocycles. The van der Waals surface area contributed by atoms with E-state index in [1.54, 1.807) is 48.4 Å². The van der Waals surface area contributed by atoms with Gasteiger partial charge in [-0.15, -0.1) is 0 Å². The molecule has 3 aliphatic rings. The maximum Gasteiger partial charge on any atom is 0.252 e. The molecular formula is C66H75ClN13O6P. The van der Waals surface area contributed by atoms with Crippen molar-refractivity contribution in [1.29, 1.82) is 0 Å². The number of nitrogens with one attached hydrogen (secondary N) is 3. The van der Waals surface area contributed by atoms with Crippen molar-refractivity contribution in [2.24, 2.45) is 22.6 Å². The number of carbonyl (C=O) groups excluding carboxylic acids is 3. The first-order valence-corrected chi connectivity index (χ1v) is 29.7. The number of carbonyl (C=O) groups is 3. The standard InChI is InChI=1S/C33H36ClN5O2.C18H20N5O2P.C15H13N3O2.3H2/c1-33(2)11-9-24(29(19-33)22-3-5-25(34)6-4-22)21-38-13-15-39(16-14-38)26-7-8-28(31(35)40)30(18-26)41-27-17-23-10-12-36-32(23)37-20-27;19-17(24)15-2-1-13(22-5-7-23(26)8-6-22)10-16(15)25-14-9-12-3-4-20-18(12)21-11-14;1-9-2-3-12(14(16)19)13(6-9)20-11-7-10-4-5-17-15(10)18-8-11;;;/h3-8,10,12,17-18,20H,9,11,13-16,19,21H2,1-2H3,(H2,35,40)(H,36,37);1-4,9-11H,5-8,26H2,(H2,19,24)(H,20,21);2-8H,1H3,(H2,16,19)(H,17,18);3*1H. The molecule has 8 heterocycles. The Morgan fingerprint density at radius 3 is 1.45 bits per heavy atom. The van der Waals surface area contributed by atoms with E-state index in [0.29, 0.717) is 56.6 Å². The third-order valence-electron chi connectivity index (χ3n) is 15.9. The van der Waals surface area contributed by atoms with Crippen molar-refractivity contribution >= 4 is 88.8 Å². The zero-order chi connectivity index (χ0) is 60.8. The largest absolute Gasteiger partial charge is 0.455 e. The molecule has 10 aromatic rings. The minimum Gasteiger partial charge on any atom is -0.455 e. The number of nitrogens with two attached hydrogens (primary N) is 3. The molecule has 87 heavy (non-hydrogen) atoms. The molecule has 3 amide bonds. The van der Waals surface area contributed by atoms with Crippen LogP contribution in [0.3, 0.4) is 0 Å². The van der Waals surface area contributed by atoms with E-state index in [-0.39, 0.29) is 4.28 Å². The van der Waals surface area contributed by atoms with Gasteiger partial charge in [0.2, 0.25) is 0 Å². The van der Waals surface area contributed by atoms with E-state index in [9.17, 15) is 14.4 Å². The lowest BCUT2D eigenvalue weighted by Gasteiger charge is -2.39. The number of anilines is 2. The van der Waals surface area contributed by atoms with Gasteiger partial charge in [-0.1, -0.05) is 58.6 Å². The Hall–Kier alpha value is -9.26. The normalized spacial score (nSPS) is 15.4. The van der Waals surface area contributed by atoms with Crippen LogP contribution >= 0.6 is 21.0 Å². The summed E-state index contributed by atoms with van der Waals surface area (Å²) in [5.41, 5.74) is 27.6. The minimum absolute atomic E-state index is 0. The Labute approximate surface area is 515 Å². The highest BCUT2D eigenvalue weighted by atomic mass is 35.5. The van der Waals surface area contributed by atoms with Crippen molar-refractivity contribution < 1.29 is 32.9 Å². The highest BCUT2D eigenvalue weighted by Crippen LogP contribution is 2.44. The molecule has 13 rings (SSSR count). The quantitative estimate of drug-likeness (QED) is 0.0555. The molecule has 2 saturated heterocycles. The number of hydrogen-bond acceptors (Lipinski definition) is 13. The summed E-state index contributed by atoms with van der Waals surface area (Å²) < 4.78 is 20.1. The number of primary amides is 3. The average molecular weight is 1210 g/mol. The van der Waals surface area contributed by atoms with E-state index < -0.39 is 17.7 Å². The van der Waals surface area contributed by atoms with Gasteiger partial charge in [0.15, 0.2) is 0 Å². The molecule has 6 aromatic heterocycles. The second-order valence-corrected chi connectivity index (χ2v) is 23.9. The summed E-state index contributed by atoms with van der Waals surface area (Å²) in [7, 11) is 2.73.